The van der Waals surface area contributed by atoms with Gasteiger partial charge in [0.15, 0.2) is 0 Å². The van der Waals surface area contributed by atoms with E-state index in [1.54, 1.807) is 24.5 Å². The van der Waals surface area contributed by atoms with E-state index >= 15 is 0 Å². The maximum absolute atomic E-state index is 6.37. The van der Waals surface area contributed by atoms with Gasteiger partial charge in [0.2, 0.25) is 0 Å². The molecule has 2 aromatic heterocycles. The van der Waals surface area contributed by atoms with Crippen molar-refractivity contribution < 1.29 is 0 Å². The molecular weight excluding hydrogens is 341 g/mol. The van der Waals surface area contributed by atoms with Crippen LogP contribution in [0.15, 0.2) is 30.6 Å². The molecule has 0 saturated carbocycles. The van der Waals surface area contributed by atoms with Crippen LogP contribution in [0, 0.1) is 0 Å². The maximum Gasteiger partial charge on any atom is 0.0781 e. The van der Waals surface area contributed by atoms with Gasteiger partial charge in [-0.05, 0) is 23.8 Å². The number of hydrogen-bond donors (Lipinski definition) is 2. The molecule has 5 nitrogen and oxygen atoms in total. The van der Waals surface area contributed by atoms with Gasteiger partial charge in [0.05, 0.1) is 33.5 Å². The minimum absolute atomic E-state index is 0.636. The van der Waals surface area contributed by atoms with Crippen molar-refractivity contribution in [1.29, 1.82) is 0 Å². The average molecular weight is 352 g/mol. The summed E-state index contributed by atoms with van der Waals surface area (Å²) < 4.78 is 5.53. The summed E-state index contributed by atoms with van der Waals surface area (Å²) in [7, 11) is 0. The number of anilines is 1. The number of nitrogens with one attached hydrogen (secondary N) is 2. The Hall–Kier alpha value is -1.47. The van der Waals surface area contributed by atoms with Gasteiger partial charge in [-0.25, -0.2) is 4.31 Å². The van der Waals surface area contributed by atoms with E-state index < -0.39 is 0 Å². The minimum Gasteiger partial charge on any atom is -0.358 e. The van der Waals surface area contributed by atoms with E-state index in [1.807, 2.05) is 18.2 Å². The third kappa shape index (κ3) is 2.42. The van der Waals surface area contributed by atoms with Crippen molar-refractivity contribution in [3.63, 3.8) is 0 Å². The van der Waals surface area contributed by atoms with E-state index in [-0.39, 0.29) is 0 Å². The molecular formula is C14H11Cl2N5S. The highest BCUT2D eigenvalue weighted by atomic mass is 35.5. The van der Waals surface area contributed by atoms with Crippen LogP contribution in [0.1, 0.15) is 11.3 Å². The Morgan fingerprint density at radius 3 is 3.05 bits per heavy atom. The monoisotopic (exact) mass is 351 g/mol. The van der Waals surface area contributed by atoms with Crippen molar-refractivity contribution in [2.45, 2.75) is 13.1 Å². The van der Waals surface area contributed by atoms with E-state index in [1.165, 1.54) is 0 Å². The van der Waals surface area contributed by atoms with Gasteiger partial charge >= 0.3 is 0 Å². The van der Waals surface area contributed by atoms with Crippen LogP contribution in [0.2, 0.25) is 10.0 Å². The first kappa shape index (κ1) is 14.1. The highest BCUT2D eigenvalue weighted by Gasteiger charge is 2.22. The Labute approximate surface area is 141 Å². The number of rotatable bonds is 2. The Balaban J connectivity index is 1.66. The molecule has 0 amide bonds. The van der Waals surface area contributed by atoms with Crippen molar-refractivity contribution in [3.8, 4) is 0 Å². The number of aromatic amines is 1. The first-order valence-corrected chi connectivity index (χ1v) is 8.18. The fraction of sp³-hybridized carbons (Fsp3) is 0.143. The van der Waals surface area contributed by atoms with Crippen LogP contribution < -0.4 is 4.72 Å². The first-order chi connectivity index (χ1) is 10.7. The first-order valence-electron chi connectivity index (χ1n) is 6.65. The SMILES string of the molecule is Clc1c[nH]c2c3c(cc(Cl)c12)CN(Cc1cccnn1)SN3. The van der Waals surface area contributed by atoms with Crippen molar-refractivity contribution in [3.05, 3.63) is 51.9 Å². The van der Waals surface area contributed by atoms with Crippen molar-refractivity contribution in [1.82, 2.24) is 19.5 Å². The normalized spacial score (nSPS) is 14.8. The minimum atomic E-state index is 0.636. The lowest BCUT2D eigenvalue weighted by Crippen LogP contribution is -2.22. The number of halogens is 2. The van der Waals surface area contributed by atoms with E-state index in [4.69, 9.17) is 23.2 Å². The summed E-state index contributed by atoms with van der Waals surface area (Å²) in [5.41, 5.74) is 4.03. The molecule has 0 atom stereocenters. The lowest BCUT2D eigenvalue weighted by molar-refractivity contribution is 0.452. The number of H-pyrrole nitrogens is 1. The van der Waals surface area contributed by atoms with Gasteiger partial charge in [-0.15, -0.1) is 0 Å². The van der Waals surface area contributed by atoms with Gasteiger partial charge in [0.25, 0.3) is 0 Å². The molecule has 1 aliphatic heterocycles. The fourth-order valence-corrected chi connectivity index (χ4v) is 4.03. The molecule has 0 saturated heterocycles. The Kier molecular flexibility index (Phi) is 3.62. The third-order valence-electron chi connectivity index (χ3n) is 3.53. The molecule has 4 rings (SSSR count). The summed E-state index contributed by atoms with van der Waals surface area (Å²) in [6, 6.07) is 5.82. The van der Waals surface area contributed by atoms with Gasteiger partial charge in [-0.1, -0.05) is 23.2 Å². The van der Waals surface area contributed by atoms with Crippen LogP contribution in [-0.4, -0.2) is 19.5 Å². The summed E-state index contributed by atoms with van der Waals surface area (Å²) in [4.78, 5) is 3.19. The highest BCUT2D eigenvalue weighted by molar-refractivity contribution is 7.98. The predicted octanol–water partition coefficient (Wildman–Crippen LogP) is 4.26. The fourth-order valence-electron chi connectivity index (χ4n) is 2.55. The molecule has 112 valence electrons. The standard InChI is InChI=1S/C14H11Cl2N5S/c15-10-4-8-6-21(7-9-2-1-3-18-19-9)22-20-13(8)14-12(10)11(16)5-17-14/h1-5,17,20H,6-7H2. The smallest absolute Gasteiger partial charge is 0.0781 e. The zero-order valence-corrected chi connectivity index (χ0v) is 13.6. The number of nitrogens with zero attached hydrogens (tertiary/aromatic N) is 3. The van der Waals surface area contributed by atoms with Crippen LogP contribution in [0.3, 0.4) is 0 Å². The summed E-state index contributed by atoms with van der Waals surface area (Å²) in [5, 5.41) is 10.2. The van der Waals surface area contributed by atoms with Crippen LogP contribution >= 0.6 is 35.3 Å². The second-order valence-corrected chi connectivity index (χ2v) is 6.70. The third-order valence-corrected chi connectivity index (χ3v) is 4.94. The summed E-state index contributed by atoms with van der Waals surface area (Å²) in [5.74, 6) is 0. The molecule has 8 heteroatoms. The molecule has 0 aliphatic carbocycles. The van der Waals surface area contributed by atoms with E-state index in [9.17, 15) is 0 Å². The van der Waals surface area contributed by atoms with Crippen LogP contribution in [0.4, 0.5) is 5.69 Å². The summed E-state index contributed by atoms with van der Waals surface area (Å²) >= 11 is 14.1. The van der Waals surface area contributed by atoms with Crippen molar-refractivity contribution in [2.24, 2.45) is 0 Å². The van der Waals surface area contributed by atoms with E-state index in [0.29, 0.717) is 16.6 Å². The highest BCUT2D eigenvalue weighted by Crippen LogP contribution is 2.41. The maximum atomic E-state index is 6.37. The molecule has 1 aliphatic rings. The van der Waals surface area contributed by atoms with E-state index in [2.05, 4.69) is 24.2 Å². The lowest BCUT2D eigenvalue weighted by atomic mass is 10.1. The zero-order chi connectivity index (χ0) is 15.1. The Morgan fingerprint density at radius 1 is 1.32 bits per heavy atom. The van der Waals surface area contributed by atoms with Gasteiger partial charge < -0.3 is 9.71 Å². The van der Waals surface area contributed by atoms with Crippen molar-refractivity contribution >= 4 is 51.9 Å². The lowest BCUT2D eigenvalue weighted by Gasteiger charge is -2.28. The topological polar surface area (TPSA) is 56.8 Å². The molecule has 0 spiro atoms. The van der Waals surface area contributed by atoms with E-state index in [0.717, 1.165) is 34.4 Å². The second-order valence-electron chi connectivity index (χ2n) is 4.99. The molecule has 0 radical (unpaired) electrons. The average Bonchev–Trinajstić information content (AvgIpc) is 2.91. The molecule has 22 heavy (non-hydrogen) atoms. The Morgan fingerprint density at radius 2 is 2.23 bits per heavy atom. The van der Waals surface area contributed by atoms with Crippen LogP contribution in [0.5, 0.6) is 0 Å². The zero-order valence-electron chi connectivity index (χ0n) is 11.3. The number of aromatic nitrogens is 3. The molecule has 0 unspecified atom stereocenters. The molecule has 1 aromatic carbocycles. The summed E-state index contributed by atoms with van der Waals surface area (Å²) in [6.07, 6.45) is 3.43. The number of hydrogen-bond acceptors (Lipinski definition) is 5. The molecule has 3 aromatic rings. The second kappa shape index (κ2) is 5.62. The molecule has 0 fully saturated rings. The summed E-state index contributed by atoms with van der Waals surface area (Å²) in [6.45, 7) is 1.46. The number of benzene rings is 1. The largest absolute Gasteiger partial charge is 0.358 e. The quantitative estimate of drug-likeness (QED) is 0.675. The van der Waals surface area contributed by atoms with Crippen LogP contribution in [-0.2, 0) is 13.1 Å². The number of fused-ring (bicyclic) bond motifs is 3. The van der Waals surface area contributed by atoms with Gasteiger partial charge in [-0.3, -0.25) is 0 Å². The van der Waals surface area contributed by atoms with Gasteiger partial charge in [-0.2, -0.15) is 10.2 Å². The molecule has 0 bridgehead atoms. The van der Waals surface area contributed by atoms with Crippen LogP contribution in [0.25, 0.3) is 10.9 Å². The Bertz CT molecular complexity index is 836. The van der Waals surface area contributed by atoms with Crippen molar-refractivity contribution in [2.75, 3.05) is 4.72 Å². The van der Waals surface area contributed by atoms with Gasteiger partial charge in [0.1, 0.15) is 0 Å². The van der Waals surface area contributed by atoms with Gasteiger partial charge in [0, 0.05) is 36.5 Å². The molecule has 3 heterocycles. The predicted molar refractivity (Wildman–Crippen MR) is 90.8 cm³/mol. The molecule has 2 N–H and O–H groups in total.